The van der Waals surface area contributed by atoms with Crippen LogP contribution in [0.2, 0.25) is 0 Å². The normalized spacial score (nSPS) is 22.3. The van der Waals surface area contributed by atoms with E-state index in [0.29, 0.717) is 11.8 Å². The van der Waals surface area contributed by atoms with Crippen molar-refractivity contribution < 1.29 is 4.79 Å². The van der Waals surface area contributed by atoms with Crippen molar-refractivity contribution in [3.63, 3.8) is 0 Å². The molecule has 2 saturated heterocycles. The predicted molar refractivity (Wildman–Crippen MR) is 117 cm³/mol. The van der Waals surface area contributed by atoms with E-state index in [2.05, 4.69) is 59.9 Å². The van der Waals surface area contributed by atoms with Gasteiger partial charge in [-0.2, -0.15) is 0 Å². The summed E-state index contributed by atoms with van der Waals surface area (Å²) in [5.74, 6) is 1.03. The molecule has 0 saturated carbocycles. The van der Waals surface area contributed by atoms with E-state index in [0.717, 1.165) is 39.0 Å². The van der Waals surface area contributed by atoms with Crippen LogP contribution in [0.4, 0.5) is 0 Å². The van der Waals surface area contributed by atoms with E-state index < -0.39 is 0 Å². The van der Waals surface area contributed by atoms with Gasteiger partial charge in [-0.05, 0) is 89.7 Å². The van der Waals surface area contributed by atoms with Gasteiger partial charge < -0.3 is 9.80 Å². The number of aryl methyl sites for hydroxylation is 1. The molecule has 1 aromatic carbocycles. The highest BCUT2D eigenvalue weighted by Gasteiger charge is 2.31. The molecule has 0 spiro atoms. The maximum absolute atomic E-state index is 13.0. The van der Waals surface area contributed by atoms with E-state index in [4.69, 9.17) is 0 Å². The Bertz CT molecular complexity index is 624. The number of likely N-dealkylation sites (tertiary alicyclic amines) is 2. The first kappa shape index (κ1) is 21.3. The number of carbonyl (C=O) groups excluding carboxylic acids is 1. The Morgan fingerprint density at radius 3 is 2.54 bits per heavy atom. The molecular formula is C24H39N3O. The van der Waals surface area contributed by atoms with Gasteiger partial charge in [-0.1, -0.05) is 30.7 Å². The molecule has 0 radical (unpaired) electrons. The minimum Gasteiger partial charge on any atom is -0.341 e. The standard InChI is InChI=1S/C24H39N3O/c1-4-27(24(28)23-11-7-8-15-25(23)3)19-21-12-16-26(17-13-21)18-14-22-10-6-5-9-20(22)2/h5-6,9-10,21,23H,4,7-8,11-19H2,1-3H3. The molecule has 1 atom stereocenters. The average Bonchev–Trinajstić information content (AvgIpc) is 2.72. The molecular weight excluding hydrogens is 346 g/mol. The summed E-state index contributed by atoms with van der Waals surface area (Å²) in [6.45, 7) is 10.7. The first-order chi connectivity index (χ1) is 13.6. The van der Waals surface area contributed by atoms with Gasteiger partial charge in [0.05, 0.1) is 6.04 Å². The van der Waals surface area contributed by atoms with Crippen molar-refractivity contribution in [3.05, 3.63) is 35.4 Å². The highest BCUT2D eigenvalue weighted by atomic mass is 16.2. The molecule has 28 heavy (non-hydrogen) atoms. The van der Waals surface area contributed by atoms with Crippen LogP contribution >= 0.6 is 0 Å². The van der Waals surface area contributed by atoms with Crippen molar-refractivity contribution in [2.24, 2.45) is 5.92 Å². The zero-order valence-electron chi connectivity index (χ0n) is 18.2. The minimum absolute atomic E-state index is 0.114. The molecule has 1 aromatic rings. The van der Waals surface area contributed by atoms with Gasteiger partial charge in [0.2, 0.25) is 5.91 Å². The Kier molecular flexibility index (Phi) is 7.92. The van der Waals surface area contributed by atoms with Crippen LogP contribution in [0, 0.1) is 12.8 Å². The Hall–Kier alpha value is -1.39. The molecule has 2 heterocycles. The molecule has 1 amide bonds. The Morgan fingerprint density at radius 1 is 1.11 bits per heavy atom. The van der Waals surface area contributed by atoms with Gasteiger partial charge in [-0.25, -0.2) is 0 Å². The van der Waals surface area contributed by atoms with Gasteiger partial charge in [-0.15, -0.1) is 0 Å². The van der Waals surface area contributed by atoms with Crippen LogP contribution in [-0.4, -0.2) is 73.0 Å². The fourth-order valence-electron chi connectivity index (χ4n) is 4.85. The number of benzene rings is 1. The lowest BCUT2D eigenvalue weighted by Gasteiger charge is -2.38. The lowest BCUT2D eigenvalue weighted by atomic mass is 9.94. The van der Waals surface area contributed by atoms with E-state index >= 15 is 0 Å². The molecule has 156 valence electrons. The van der Waals surface area contributed by atoms with E-state index in [-0.39, 0.29) is 6.04 Å². The van der Waals surface area contributed by atoms with Gasteiger partial charge in [0.25, 0.3) is 0 Å². The van der Waals surface area contributed by atoms with E-state index in [1.807, 2.05) is 0 Å². The summed E-state index contributed by atoms with van der Waals surface area (Å²) in [5.41, 5.74) is 2.88. The van der Waals surface area contributed by atoms with Crippen LogP contribution in [-0.2, 0) is 11.2 Å². The second kappa shape index (κ2) is 10.4. The van der Waals surface area contributed by atoms with Crippen LogP contribution in [0.1, 0.15) is 50.2 Å². The third-order valence-electron chi connectivity index (χ3n) is 6.89. The summed E-state index contributed by atoms with van der Waals surface area (Å²) < 4.78 is 0. The van der Waals surface area contributed by atoms with E-state index in [1.54, 1.807) is 0 Å². The second-order valence-corrected chi connectivity index (χ2v) is 8.83. The number of carbonyl (C=O) groups is 1. The third kappa shape index (κ3) is 5.57. The summed E-state index contributed by atoms with van der Waals surface area (Å²) in [7, 11) is 2.11. The van der Waals surface area contributed by atoms with Crippen molar-refractivity contribution in [1.29, 1.82) is 0 Å². The molecule has 0 N–H and O–H groups in total. The van der Waals surface area contributed by atoms with Crippen molar-refractivity contribution in [3.8, 4) is 0 Å². The van der Waals surface area contributed by atoms with Crippen molar-refractivity contribution in [2.45, 2.75) is 58.4 Å². The number of likely N-dealkylation sites (N-methyl/N-ethyl adjacent to an activating group) is 2. The molecule has 2 fully saturated rings. The van der Waals surface area contributed by atoms with Gasteiger partial charge in [0, 0.05) is 19.6 Å². The van der Waals surface area contributed by atoms with Crippen molar-refractivity contribution in [1.82, 2.24) is 14.7 Å². The van der Waals surface area contributed by atoms with Gasteiger partial charge >= 0.3 is 0 Å². The molecule has 0 bridgehead atoms. The number of piperidine rings is 2. The Morgan fingerprint density at radius 2 is 1.86 bits per heavy atom. The highest BCUT2D eigenvalue weighted by molar-refractivity contribution is 5.82. The van der Waals surface area contributed by atoms with Gasteiger partial charge in [-0.3, -0.25) is 9.69 Å². The zero-order chi connectivity index (χ0) is 19.9. The molecule has 0 aromatic heterocycles. The maximum atomic E-state index is 13.0. The second-order valence-electron chi connectivity index (χ2n) is 8.83. The first-order valence-electron chi connectivity index (χ1n) is 11.3. The minimum atomic E-state index is 0.114. The summed E-state index contributed by atoms with van der Waals surface area (Å²) in [4.78, 5) is 20.1. The van der Waals surface area contributed by atoms with Crippen LogP contribution in [0.25, 0.3) is 0 Å². The predicted octanol–water partition coefficient (Wildman–Crippen LogP) is 3.58. The summed E-state index contributed by atoms with van der Waals surface area (Å²) in [6, 6.07) is 8.85. The van der Waals surface area contributed by atoms with Gasteiger partial charge in [0.1, 0.15) is 0 Å². The molecule has 1 unspecified atom stereocenters. The fraction of sp³-hybridized carbons (Fsp3) is 0.708. The topological polar surface area (TPSA) is 26.8 Å². The molecule has 2 aliphatic rings. The Labute approximate surface area is 171 Å². The third-order valence-corrected chi connectivity index (χ3v) is 6.89. The van der Waals surface area contributed by atoms with Crippen molar-refractivity contribution in [2.75, 3.05) is 46.3 Å². The quantitative estimate of drug-likeness (QED) is 0.718. The number of nitrogens with zero attached hydrogens (tertiary/aromatic N) is 3. The number of hydrogen-bond acceptors (Lipinski definition) is 3. The largest absolute Gasteiger partial charge is 0.341 e. The number of rotatable bonds is 7. The average molecular weight is 386 g/mol. The van der Waals surface area contributed by atoms with Crippen LogP contribution in [0.15, 0.2) is 24.3 Å². The van der Waals surface area contributed by atoms with Crippen LogP contribution < -0.4 is 0 Å². The molecule has 4 heteroatoms. The summed E-state index contributed by atoms with van der Waals surface area (Å²) >= 11 is 0. The maximum Gasteiger partial charge on any atom is 0.239 e. The SMILES string of the molecule is CCN(CC1CCN(CCc2ccccc2C)CC1)C(=O)C1CCCCN1C. The van der Waals surface area contributed by atoms with Crippen LogP contribution in [0.3, 0.4) is 0 Å². The smallest absolute Gasteiger partial charge is 0.239 e. The van der Waals surface area contributed by atoms with Gasteiger partial charge in [0.15, 0.2) is 0 Å². The zero-order valence-corrected chi connectivity index (χ0v) is 18.2. The molecule has 3 rings (SSSR count). The van der Waals surface area contributed by atoms with Crippen molar-refractivity contribution >= 4 is 5.91 Å². The van der Waals surface area contributed by atoms with E-state index in [9.17, 15) is 4.79 Å². The Balaban J connectivity index is 1.43. The lowest BCUT2D eigenvalue weighted by Crippen LogP contribution is -2.51. The first-order valence-corrected chi connectivity index (χ1v) is 11.3. The molecule has 4 nitrogen and oxygen atoms in total. The lowest BCUT2D eigenvalue weighted by molar-refractivity contribution is -0.138. The number of hydrogen-bond donors (Lipinski definition) is 0. The monoisotopic (exact) mass is 385 g/mol. The number of amides is 1. The molecule has 0 aliphatic carbocycles. The summed E-state index contributed by atoms with van der Waals surface area (Å²) in [5, 5.41) is 0. The van der Waals surface area contributed by atoms with Crippen LogP contribution in [0.5, 0.6) is 0 Å². The molecule has 2 aliphatic heterocycles. The highest BCUT2D eigenvalue weighted by Crippen LogP contribution is 2.22. The van der Waals surface area contributed by atoms with E-state index in [1.165, 1.54) is 49.9 Å². The fourth-order valence-corrected chi connectivity index (χ4v) is 4.85. The summed E-state index contributed by atoms with van der Waals surface area (Å²) in [6.07, 6.45) is 7.04.